The Morgan fingerprint density at radius 1 is 1.00 bits per heavy atom. The molecule has 0 spiro atoms. The van der Waals surface area contributed by atoms with Crippen LogP contribution in [0.2, 0.25) is 0 Å². The Balaban J connectivity index is 2.05. The highest BCUT2D eigenvalue weighted by Crippen LogP contribution is 2.18. The standard InChI is InChI=1S/C17H24N4/c1-12(2)9-10-18-16-11-17(20-14(4)19-16)21-15-7-5-13(3)6-8-15/h5-8,11-12H,9-10H2,1-4H3,(H2,18,19,20,21). The average molecular weight is 284 g/mol. The molecule has 0 aliphatic carbocycles. The molecule has 0 saturated carbocycles. The van der Waals surface area contributed by atoms with Crippen LogP contribution in [0.5, 0.6) is 0 Å². The predicted octanol–water partition coefficient (Wildman–Crippen LogP) is 4.30. The number of nitrogens with zero attached hydrogens (tertiary/aromatic N) is 2. The third kappa shape index (κ3) is 5.06. The van der Waals surface area contributed by atoms with Gasteiger partial charge in [0.15, 0.2) is 0 Å². The maximum Gasteiger partial charge on any atom is 0.136 e. The summed E-state index contributed by atoms with van der Waals surface area (Å²) < 4.78 is 0. The zero-order chi connectivity index (χ0) is 15.2. The Labute approximate surface area is 127 Å². The van der Waals surface area contributed by atoms with Gasteiger partial charge in [-0.2, -0.15) is 0 Å². The molecule has 1 aromatic heterocycles. The van der Waals surface area contributed by atoms with Crippen LogP contribution in [0.4, 0.5) is 17.3 Å². The molecule has 0 fully saturated rings. The van der Waals surface area contributed by atoms with Crippen LogP contribution in [0.3, 0.4) is 0 Å². The Morgan fingerprint density at radius 2 is 1.67 bits per heavy atom. The van der Waals surface area contributed by atoms with E-state index in [1.54, 1.807) is 0 Å². The largest absolute Gasteiger partial charge is 0.370 e. The first kappa shape index (κ1) is 15.3. The van der Waals surface area contributed by atoms with E-state index < -0.39 is 0 Å². The van der Waals surface area contributed by atoms with Gasteiger partial charge < -0.3 is 10.6 Å². The lowest BCUT2D eigenvalue weighted by molar-refractivity contribution is 0.606. The Bertz CT molecular complexity index is 576. The summed E-state index contributed by atoms with van der Waals surface area (Å²) >= 11 is 0. The maximum atomic E-state index is 4.43. The van der Waals surface area contributed by atoms with Crippen LogP contribution in [0.1, 0.15) is 31.7 Å². The number of nitrogens with one attached hydrogen (secondary N) is 2. The van der Waals surface area contributed by atoms with E-state index in [9.17, 15) is 0 Å². The van der Waals surface area contributed by atoms with Crippen LogP contribution >= 0.6 is 0 Å². The van der Waals surface area contributed by atoms with Crippen molar-refractivity contribution < 1.29 is 0 Å². The second kappa shape index (κ2) is 7.07. The van der Waals surface area contributed by atoms with Gasteiger partial charge in [0.2, 0.25) is 0 Å². The Kier molecular flexibility index (Phi) is 5.14. The minimum atomic E-state index is 0.686. The highest BCUT2D eigenvalue weighted by Gasteiger charge is 2.03. The molecule has 4 heteroatoms. The number of anilines is 3. The summed E-state index contributed by atoms with van der Waals surface area (Å²) in [5.41, 5.74) is 2.28. The van der Waals surface area contributed by atoms with Crippen LogP contribution in [-0.4, -0.2) is 16.5 Å². The molecule has 1 heterocycles. The van der Waals surface area contributed by atoms with Crippen molar-refractivity contribution >= 4 is 17.3 Å². The fraction of sp³-hybridized carbons (Fsp3) is 0.412. The summed E-state index contributed by atoms with van der Waals surface area (Å²) in [5, 5.41) is 6.68. The van der Waals surface area contributed by atoms with Crippen LogP contribution < -0.4 is 10.6 Å². The van der Waals surface area contributed by atoms with Crippen molar-refractivity contribution in [1.29, 1.82) is 0 Å². The van der Waals surface area contributed by atoms with Gasteiger partial charge in [0, 0.05) is 18.3 Å². The molecule has 21 heavy (non-hydrogen) atoms. The van der Waals surface area contributed by atoms with E-state index in [1.807, 2.05) is 13.0 Å². The molecule has 0 aliphatic rings. The smallest absolute Gasteiger partial charge is 0.136 e. The minimum absolute atomic E-state index is 0.686. The van der Waals surface area contributed by atoms with Gasteiger partial charge in [0.05, 0.1) is 0 Å². The molecule has 1 aromatic carbocycles. The van der Waals surface area contributed by atoms with E-state index in [1.165, 1.54) is 5.56 Å². The van der Waals surface area contributed by atoms with E-state index in [0.29, 0.717) is 5.92 Å². The number of hydrogen-bond acceptors (Lipinski definition) is 4. The molecule has 4 nitrogen and oxygen atoms in total. The zero-order valence-electron chi connectivity index (χ0n) is 13.3. The molecule has 2 N–H and O–H groups in total. The van der Waals surface area contributed by atoms with Crippen LogP contribution in [0.25, 0.3) is 0 Å². The van der Waals surface area contributed by atoms with Gasteiger partial charge >= 0.3 is 0 Å². The van der Waals surface area contributed by atoms with Crippen molar-refractivity contribution in [3.05, 3.63) is 41.7 Å². The molecule has 2 rings (SSSR count). The van der Waals surface area contributed by atoms with Crippen LogP contribution in [-0.2, 0) is 0 Å². The zero-order valence-corrected chi connectivity index (χ0v) is 13.3. The lowest BCUT2D eigenvalue weighted by Gasteiger charge is -2.11. The first-order valence-corrected chi connectivity index (χ1v) is 7.46. The van der Waals surface area contributed by atoms with E-state index in [4.69, 9.17) is 0 Å². The molecule has 0 bridgehead atoms. The Hall–Kier alpha value is -2.10. The maximum absolute atomic E-state index is 4.43. The molecule has 0 radical (unpaired) electrons. The molecule has 0 unspecified atom stereocenters. The van der Waals surface area contributed by atoms with Gasteiger partial charge in [-0.25, -0.2) is 9.97 Å². The van der Waals surface area contributed by atoms with Gasteiger partial charge in [-0.15, -0.1) is 0 Å². The van der Waals surface area contributed by atoms with Gasteiger partial charge in [0.1, 0.15) is 17.5 Å². The van der Waals surface area contributed by atoms with Gasteiger partial charge in [-0.1, -0.05) is 31.5 Å². The van der Waals surface area contributed by atoms with Crippen LogP contribution in [0, 0.1) is 19.8 Å². The molecule has 0 atom stereocenters. The highest BCUT2D eigenvalue weighted by molar-refractivity contribution is 5.59. The second-order valence-electron chi connectivity index (χ2n) is 5.79. The fourth-order valence-electron chi connectivity index (χ4n) is 2.00. The number of rotatable bonds is 6. The molecule has 2 aromatic rings. The van der Waals surface area contributed by atoms with Gasteiger partial charge in [0.25, 0.3) is 0 Å². The molecule has 0 amide bonds. The highest BCUT2D eigenvalue weighted by atomic mass is 15.1. The number of aryl methyl sites for hydroxylation is 2. The second-order valence-corrected chi connectivity index (χ2v) is 5.79. The van der Waals surface area contributed by atoms with Crippen molar-refractivity contribution in [3.8, 4) is 0 Å². The van der Waals surface area contributed by atoms with E-state index in [0.717, 1.165) is 36.1 Å². The summed E-state index contributed by atoms with van der Waals surface area (Å²) in [6.45, 7) is 9.36. The lowest BCUT2D eigenvalue weighted by atomic mass is 10.1. The summed E-state index contributed by atoms with van der Waals surface area (Å²) in [7, 11) is 0. The molecular formula is C17H24N4. The SMILES string of the molecule is Cc1ccc(Nc2cc(NCCC(C)C)nc(C)n2)cc1. The molecule has 0 aliphatic heterocycles. The Morgan fingerprint density at radius 3 is 2.33 bits per heavy atom. The van der Waals surface area contributed by atoms with Crippen molar-refractivity contribution in [3.63, 3.8) is 0 Å². The summed E-state index contributed by atoms with van der Waals surface area (Å²) in [4.78, 5) is 8.86. The topological polar surface area (TPSA) is 49.8 Å². The number of hydrogen-bond donors (Lipinski definition) is 2. The predicted molar refractivity (Wildman–Crippen MR) is 89.2 cm³/mol. The van der Waals surface area contributed by atoms with E-state index in [2.05, 4.69) is 65.6 Å². The van der Waals surface area contributed by atoms with Crippen molar-refractivity contribution in [2.24, 2.45) is 5.92 Å². The normalized spacial score (nSPS) is 10.7. The van der Waals surface area contributed by atoms with Gasteiger partial charge in [-0.3, -0.25) is 0 Å². The third-order valence-corrected chi connectivity index (χ3v) is 3.19. The fourth-order valence-corrected chi connectivity index (χ4v) is 2.00. The summed E-state index contributed by atoms with van der Waals surface area (Å²) in [5.74, 6) is 3.14. The molecular weight excluding hydrogens is 260 g/mol. The summed E-state index contributed by atoms with van der Waals surface area (Å²) in [6, 6.07) is 10.2. The minimum Gasteiger partial charge on any atom is -0.370 e. The van der Waals surface area contributed by atoms with Crippen molar-refractivity contribution in [2.45, 2.75) is 34.1 Å². The quantitative estimate of drug-likeness (QED) is 0.830. The first-order chi connectivity index (χ1) is 10.0. The molecule has 112 valence electrons. The average Bonchev–Trinajstić information content (AvgIpc) is 2.40. The van der Waals surface area contributed by atoms with E-state index in [-0.39, 0.29) is 0 Å². The number of benzene rings is 1. The van der Waals surface area contributed by atoms with Crippen molar-refractivity contribution in [2.75, 3.05) is 17.2 Å². The monoisotopic (exact) mass is 284 g/mol. The van der Waals surface area contributed by atoms with Crippen LogP contribution in [0.15, 0.2) is 30.3 Å². The molecule has 0 saturated heterocycles. The van der Waals surface area contributed by atoms with Gasteiger partial charge in [-0.05, 0) is 38.3 Å². The first-order valence-electron chi connectivity index (χ1n) is 7.46. The number of aromatic nitrogens is 2. The lowest BCUT2D eigenvalue weighted by Crippen LogP contribution is -2.08. The van der Waals surface area contributed by atoms with E-state index >= 15 is 0 Å². The summed E-state index contributed by atoms with van der Waals surface area (Å²) in [6.07, 6.45) is 1.13. The third-order valence-electron chi connectivity index (χ3n) is 3.19. The van der Waals surface area contributed by atoms with Crippen molar-refractivity contribution in [1.82, 2.24) is 9.97 Å².